The van der Waals surface area contributed by atoms with Gasteiger partial charge in [0.15, 0.2) is 0 Å². The average Bonchev–Trinajstić information content (AvgIpc) is 2.59. The lowest BCUT2D eigenvalue weighted by atomic mass is 10.0. The fourth-order valence-electron chi connectivity index (χ4n) is 2.07. The summed E-state index contributed by atoms with van der Waals surface area (Å²) in [4.78, 5) is 2.37. The Kier molecular flexibility index (Phi) is 5.45. The van der Waals surface area contributed by atoms with E-state index in [0.29, 0.717) is 18.6 Å². The first kappa shape index (κ1) is 12.0. The number of likely N-dealkylation sites (tertiary alicyclic amines) is 1. The predicted molar refractivity (Wildman–Crippen MR) is 59.4 cm³/mol. The highest BCUT2D eigenvalue weighted by Crippen LogP contribution is 2.10. The van der Waals surface area contributed by atoms with E-state index in [2.05, 4.69) is 24.2 Å². The van der Waals surface area contributed by atoms with Gasteiger partial charge in [0, 0.05) is 19.2 Å². The second-order valence-corrected chi connectivity index (χ2v) is 4.44. The van der Waals surface area contributed by atoms with Crippen molar-refractivity contribution in [1.29, 1.82) is 0 Å². The van der Waals surface area contributed by atoms with Gasteiger partial charge in [-0.1, -0.05) is 13.3 Å². The average molecular weight is 200 g/mol. The molecule has 0 aromatic rings. The molecule has 1 heterocycles. The molecule has 0 saturated carbocycles. The number of nitrogens with zero attached hydrogens (tertiary/aromatic N) is 1. The Morgan fingerprint density at radius 2 is 2.36 bits per heavy atom. The quantitative estimate of drug-likeness (QED) is 0.662. The van der Waals surface area contributed by atoms with Crippen molar-refractivity contribution < 1.29 is 5.11 Å². The maximum absolute atomic E-state index is 8.87. The molecular weight excluding hydrogens is 176 g/mol. The Morgan fingerprint density at radius 3 is 2.86 bits per heavy atom. The zero-order valence-electron chi connectivity index (χ0n) is 9.50. The Balaban J connectivity index is 2.12. The standard InChI is InChI=1S/C11H24N2O/c1-3-10(5-7-14)8-12-11-4-6-13(2)9-11/h10-12,14H,3-9H2,1-2H3. The molecule has 3 nitrogen and oxygen atoms in total. The lowest BCUT2D eigenvalue weighted by Gasteiger charge is -2.18. The number of aliphatic hydroxyl groups excluding tert-OH is 1. The molecule has 1 aliphatic heterocycles. The maximum Gasteiger partial charge on any atom is 0.0434 e. The molecule has 0 aromatic heterocycles. The van der Waals surface area contributed by atoms with Crippen LogP contribution in [0.1, 0.15) is 26.2 Å². The summed E-state index contributed by atoms with van der Waals surface area (Å²) < 4.78 is 0. The normalized spacial score (nSPS) is 25.5. The molecule has 3 heteroatoms. The first-order valence-electron chi connectivity index (χ1n) is 5.79. The lowest BCUT2D eigenvalue weighted by molar-refractivity contribution is 0.248. The van der Waals surface area contributed by atoms with Crippen LogP contribution in [0.15, 0.2) is 0 Å². The molecule has 2 unspecified atom stereocenters. The van der Waals surface area contributed by atoms with Crippen LogP contribution in [0.25, 0.3) is 0 Å². The SMILES string of the molecule is CCC(CCO)CNC1CCN(C)C1. The monoisotopic (exact) mass is 200 g/mol. The highest BCUT2D eigenvalue weighted by atomic mass is 16.3. The minimum absolute atomic E-state index is 0.324. The summed E-state index contributed by atoms with van der Waals surface area (Å²) in [6, 6.07) is 0.674. The summed E-state index contributed by atoms with van der Waals surface area (Å²) >= 11 is 0. The highest BCUT2D eigenvalue weighted by molar-refractivity contribution is 4.79. The number of nitrogens with one attached hydrogen (secondary N) is 1. The molecule has 0 bridgehead atoms. The molecule has 0 spiro atoms. The zero-order chi connectivity index (χ0) is 10.4. The first-order valence-corrected chi connectivity index (χ1v) is 5.79. The predicted octanol–water partition coefficient (Wildman–Crippen LogP) is 0.689. The summed E-state index contributed by atoms with van der Waals surface area (Å²) in [6.07, 6.45) is 3.37. The van der Waals surface area contributed by atoms with Gasteiger partial charge in [-0.3, -0.25) is 0 Å². The minimum atomic E-state index is 0.324. The smallest absolute Gasteiger partial charge is 0.0434 e. The number of aliphatic hydroxyl groups is 1. The van der Waals surface area contributed by atoms with Crippen LogP contribution >= 0.6 is 0 Å². The molecular formula is C11H24N2O. The van der Waals surface area contributed by atoms with Gasteiger partial charge in [0.1, 0.15) is 0 Å². The summed E-state index contributed by atoms with van der Waals surface area (Å²) in [5.41, 5.74) is 0. The first-order chi connectivity index (χ1) is 6.76. The summed E-state index contributed by atoms with van der Waals surface area (Å²) in [7, 11) is 2.17. The van der Waals surface area contributed by atoms with Crippen molar-refractivity contribution in [3.05, 3.63) is 0 Å². The summed E-state index contributed by atoms with van der Waals surface area (Å²) in [5, 5.41) is 12.5. The van der Waals surface area contributed by atoms with Crippen molar-refractivity contribution in [2.24, 2.45) is 5.92 Å². The number of likely N-dealkylation sites (N-methyl/N-ethyl adjacent to an activating group) is 1. The Bertz CT molecular complexity index is 148. The van der Waals surface area contributed by atoms with Crippen LogP contribution in [0.4, 0.5) is 0 Å². The van der Waals surface area contributed by atoms with E-state index in [0.717, 1.165) is 19.4 Å². The molecule has 1 fully saturated rings. The third-order valence-electron chi connectivity index (χ3n) is 3.20. The van der Waals surface area contributed by atoms with Gasteiger partial charge in [0.25, 0.3) is 0 Å². The molecule has 1 aliphatic rings. The van der Waals surface area contributed by atoms with Crippen LogP contribution in [0.5, 0.6) is 0 Å². The van der Waals surface area contributed by atoms with E-state index in [1.54, 1.807) is 0 Å². The molecule has 0 aromatic carbocycles. The van der Waals surface area contributed by atoms with Crippen molar-refractivity contribution in [3.63, 3.8) is 0 Å². The number of rotatable bonds is 6. The van der Waals surface area contributed by atoms with Gasteiger partial charge in [0.2, 0.25) is 0 Å². The minimum Gasteiger partial charge on any atom is -0.396 e. The van der Waals surface area contributed by atoms with E-state index in [1.807, 2.05) is 0 Å². The summed E-state index contributed by atoms with van der Waals surface area (Å²) in [5.74, 6) is 0.644. The van der Waals surface area contributed by atoms with Gasteiger partial charge < -0.3 is 15.3 Å². The maximum atomic E-state index is 8.87. The molecule has 0 amide bonds. The molecule has 1 saturated heterocycles. The van der Waals surface area contributed by atoms with Crippen LogP contribution in [-0.4, -0.2) is 49.3 Å². The van der Waals surface area contributed by atoms with Crippen molar-refractivity contribution >= 4 is 0 Å². The number of hydrogen-bond donors (Lipinski definition) is 2. The fraction of sp³-hybridized carbons (Fsp3) is 1.00. The zero-order valence-corrected chi connectivity index (χ0v) is 9.50. The van der Waals surface area contributed by atoms with Crippen LogP contribution in [0, 0.1) is 5.92 Å². The van der Waals surface area contributed by atoms with Crippen molar-refractivity contribution in [3.8, 4) is 0 Å². The second-order valence-electron chi connectivity index (χ2n) is 4.44. The second kappa shape index (κ2) is 6.38. The molecule has 84 valence electrons. The number of hydrogen-bond acceptors (Lipinski definition) is 3. The molecule has 2 atom stereocenters. The fourth-order valence-corrected chi connectivity index (χ4v) is 2.07. The molecule has 14 heavy (non-hydrogen) atoms. The Labute approximate surface area is 87.5 Å². The van der Waals surface area contributed by atoms with E-state index < -0.39 is 0 Å². The largest absolute Gasteiger partial charge is 0.396 e. The Hall–Kier alpha value is -0.120. The van der Waals surface area contributed by atoms with E-state index in [4.69, 9.17) is 5.11 Å². The molecule has 0 radical (unpaired) electrons. The van der Waals surface area contributed by atoms with Crippen LogP contribution in [0.2, 0.25) is 0 Å². The van der Waals surface area contributed by atoms with Crippen LogP contribution in [-0.2, 0) is 0 Å². The molecule has 2 N–H and O–H groups in total. The third-order valence-corrected chi connectivity index (χ3v) is 3.20. The highest BCUT2D eigenvalue weighted by Gasteiger charge is 2.19. The van der Waals surface area contributed by atoms with Crippen LogP contribution < -0.4 is 5.32 Å². The van der Waals surface area contributed by atoms with Gasteiger partial charge in [-0.05, 0) is 38.9 Å². The van der Waals surface area contributed by atoms with Gasteiger partial charge >= 0.3 is 0 Å². The van der Waals surface area contributed by atoms with Gasteiger partial charge in [-0.15, -0.1) is 0 Å². The van der Waals surface area contributed by atoms with Crippen molar-refractivity contribution in [2.45, 2.75) is 32.2 Å². The topological polar surface area (TPSA) is 35.5 Å². The lowest BCUT2D eigenvalue weighted by Crippen LogP contribution is -2.35. The van der Waals surface area contributed by atoms with Gasteiger partial charge in [0.05, 0.1) is 0 Å². The van der Waals surface area contributed by atoms with E-state index in [-0.39, 0.29) is 0 Å². The molecule has 1 rings (SSSR count). The third kappa shape index (κ3) is 3.95. The Morgan fingerprint density at radius 1 is 1.57 bits per heavy atom. The van der Waals surface area contributed by atoms with Crippen molar-refractivity contribution in [2.75, 3.05) is 33.3 Å². The molecule has 0 aliphatic carbocycles. The van der Waals surface area contributed by atoms with Crippen molar-refractivity contribution in [1.82, 2.24) is 10.2 Å². The van der Waals surface area contributed by atoms with Gasteiger partial charge in [-0.25, -0.2) is 0 Å². The van der Waals surface area contributed by atoms with E-state index >= 15 is 0 Å². The van der Waals surface area contributed by atoms with E-state index in [1.165, 1.54) is 19.5 Å². The van der Waals surface area contributed by atoms with E-state index in [9.17, 15) is 0 Å². The van der Waals surface area contributed by atoms with Gasteiger partial charge in [-0.2, -0.15) is 0 Å². The summed E-state index contributed by atoms with van der Waals surface area (Å²) in [6.45, 7) is 5.98. The van der Waals surface area contributed by atoms with Crippen LogP contribution in [0.3, 0.4) is 0 Å².